The molecular weight excluding hydrogens is 469 g/mol. The molecule has 4 aromatic rings. The number of amides is 1. The lowest BCUT2D eigenvalue weighted by Crippen LogP contribution is -2.41. The number of aromatic nitrogens is 3. The van der Waals surface area contributed by atoms with Gasteiger partial charge in [0.1, 0.15) is 18.5 Å². The van der Waals surface area contributed by atoms with Gasteiger partial charge in [-0.2, -0.15) is 13.2 Å². The van der Waals surface area contributed by atoms with E-state index in [-0.39, 0.29) is 18.4 Å². The summed E-state index contributed by atoms with van der Waals surface area (Å²) >= 11 is 0. The SMILES string of the molecule is O=C(COC(c1ccccc1)c1ccccc1)N1CCCC(c2nnc3ccc(C(F)(F)F)cn23)C1. The van der Waals surface area contributed by atoms with E-state index in [1.807, 2.05) is 60.7 Å². The molecule has 0 aliphatic carbocycles. The van der Waals surface area contributed by atoms with Gasteiger partial charge in [0.2, 0.25) is 5.91 Å². The minimum atomic E-state index is -4.46. The highest BCUT2D eigenvalue weighted by atomic mass is 19.4. The molecule has 36 heavy (non-hydrogen) atoms. The van der Waals surface area contributed by atoms with E-state index in [1.165, 1.54) is 10.5 Å². The van der Waals surface area contributed by atoms with E-state index in [0.717, 1.165) is 23.4 Å². The Morgan fingerprint density at radius 2 is 1.64 bits per heavy atom. The topological polar surface area (TPSA) is 59.7 Å². The smallest absolute Gasteiger partial charge is 0.359 e. The summed E-state index contributed by atoms with van der Waals surface area (Å²) in [6.45, 7) is 0.797. The van der Waals surface area contributed by atoms with E-state index in [1.54, 1.807) is 4.90 Å². The van der Waals surface area contributed by atoms with Crippen LogP contribution in [0.4, 0.5) is 13.2 Å². The van der Waals surface area contributed by atoms with Gasteiger partial charge in [0.25, 0.3) is 0 Å². The third-order valence-electron chi connectivity index (χ3n) is 6.47. The van der Waals surface area contributed by atoms with Crippen molar-refractivity contribution in [3.05, 3.63) is 102 Å². The van der Waals surface area contributed by atoms with Crippen LogP contribution in [0.2, 0.25) is 0 Å². The Balaban J connectivity index is 1.30. The number of ether oxygens (including phenoxy) is 1. The fourth-order valence-electron chi connectivity index (χ4n) is 4.66. The maximum Gasteiger partial charge on any atom is 0.417 e. The molecule has 3 heterocycles. The molecule has 0 bridgehead atoms. The van der Waals surface area contributed by atoms with E-state index in [4.69, 9.17) is 4.74 Å². The van der Waals surface area contributed by atoms with Crippen LogP contribution in [0.3, 0.4) is 0 Å². The van der Waals surface area contributed by atoms with Crippen molar-refractivity contribution in [2.45, 2.75) is 31.0 Å². The molecule has 1 unspecified atom stereocenters. The van der Waals surface area contributed by atoms with Crippen LogP contribution in [-0.4, -0.2) is 45.1 Å². The largest absolute Gasteiger partial charge is 0.417 e. The minimum Gasteiger partial charge on any atom is -0.359 e. The predicted molar refractivity (Wildman–Crippen MR) is 127 cm³/mol. The molecule has 5 rings (SSSR count). The van der Waals surface area contributed by atoms with Crippen LogP contribution in [-0.2, 0) is 15.7 Å². The predicted octanol–water partition coefficient (Wildman–Crippen LogP) is 5.26. The molecule has 0 spiro atoms. The number of carbonyl (C=O) groups is 1. The number of benzene rings is 2. The summed E-state index contributed by atoms with van der Waals surface area (Å²) in [4.78, 5) is 14.8. The Kier molecular flexibility index (Phi) is 6.73. The number of fused-ring (bicyclic) bond motifs is 1. The van der Waals surface area contributed by atoms with Crippen LogP contribution in [0, 0.1) is 0 Å². The number of nitrogens with zero attached hydrogens (tertiary/aromatic N) is 4. The first-order valence-electron chi connectivity index (χ1n) is 11.8. The number of hydrogen-bond acceptors (Lipinski definition) is 4. The lowest BCUT2D eigenvalue weighted by Gasteiger charge is -2.32. The van der Waals surface area contributed by atoms with Crippen LogP contribution >= 0.6 is 0 Å². The van der Waals surface area contributed by atoms with Gasteiger partial charge in [-0.05, 0) is 36.1 Å². The van der Waals surface area contributed by atoms with Crippen LogP contribution in [0.1, 0.15) is 47.4 Å². The summed E-state index contributed by atoms with van der Waals surface area (Å²) in [5, 5.41) is 8.20. The van der Waals surface area contributed by atoms with Crippen molar-refractivity contribution in [1.29, 1.82) is 0 Å². The zero-order chi connectivity index (χ0) is 25.1. The second kappa shape index (κ2) is 10.1. The summed E-state index contributed by atoms with van der Waals surface area (Å²) in [6, 6.07) is 21.7. The lowest BCUT2D eigenvalue weighted by molar-refractivity contribution is -0.139. The lowest BCUT2D eigenvalue weighted by atomic mass is 9.97. The summed E-state index contributed by atoms with van der Waals surface area (Å²) in [6.07, 6.45) is -2.41. The fraction of sp³-hybridized carbons (Fsp3) is 0.296. The Bertz CT molecular complexity index is 1290. The van der Waals surface area contributed by atoms with Crippen molar-refractivity contribution in [2.24, 2.45) is 0 Å². The van der Waals surface area contributed by atoms with Gasteiger partial charge in [-0.25, -0.2) is 0 Å². The van der Waals surface area contributed by atoms with Gasteiger partial charge in [-0.15, -0.1) is 10.2 Å². The highest BCUT2D eigenvalue weighted by Crippen LogP contribution is 2.32. The fourth-order valence-corrected chi connectivity index (χ4v) is 4.66. The maximum atomic E-state index is 13.2. The number of alkyl halides is 3. The van der Waals surface area contributed by atoms with E-state index >= 15 is 0 Å². The molecule has 1 aliphatic heterocycles. The van der Waals surface area contributed by atoms with Crippen molar-refractivity contribution >= 4 is 11.6 Å². The Morgan fingerprint density at radius 3 is 2.28 bits per heavy atom. The molecule has 186 valence electrons. The first-order chi connectivity index (χ1) is 17.4. The normalized spacial score (nSPS) is 16.6. The summed E-state index contributed by atoms with van der Waals surface area (Å²) in [5.74, 6) is 0.0440. The van der Waals surface area contributed by atoms with Crippen molar-refractivity contribution in [1.82, 2.24) is 19.5 Å². The molecule has 1 fully saturated rings. The third-order valence-corrected chi connectivity index (χ3v) is 6.47. The summed E-state index contributed by atoms with van der Waals surface area (Å²) in [5.41, 5.74) is 1.48. The van der Waals surface area contributed by atoms with Crippen molar-refractivity contribution in [3.8, 4) is 0 Å². The molecule has 6 nitrogen and oxygen atoms in total. The van der Waals surface area contributed by atoms with Crippen molar-refractivity contribution < 1.29 is 22.7 Å². The number of carbonyl (C=O) groups excluding carboxylic acids is 1. The van der Waals surface area contributed by atoms with E-state index in [2.05, 4.69) is 10.2 Å². The number of rotatable bonds is 6. The molecule has 9 heteroatoms. The van der Waals surface area contributed by atoms with Crippen molar-refractivity contribution in [2.75, 3.05) is 19.7 Å². The van der Waals surface area contributed by atoms with E-state index in [0.29, 0.717) is 37.4 Å². The van der Waals surface area contributed by atoms with Gasteiger partial charge >= 0.3 is 6.18 Å². The minimum absolute atomic E-state index is 0.111. The number of pyridine rings is 1. The first kappa shape index (κ1) is 24.0. The quantitative estimate of drug-likeness (QED) is 0.367. The molecule has 1 atom stereocenters. The van der Waals surface area contributed by atoms with Crippen LogP contribution in [0.25, 0.3) is 5.65 Å². The van der Waals surface area contributed by atoms with Gasteiger partial charge < -0.3 is 9.64 Å². The molecule has 2 aromatic heterocycles. The number of likely N-dealkylation sites (tertiary alicyclic amines) is 1. The number of piperidine rings is 1. The highest BCUT2D eigenvalue weighted by molar-refractivity contribution is 5.77. The molecule has 0 N–H and O–H groups in total. The average Bonchev–Trinajstić information content (AvgIpc) is 3.33. The van der Waals surface area contributed by atoms with Gasteiger partial charge in [-0.3, -0.25) is 9.20 Å². The molecule has 1 aliphatic rings. The molecule has 1 saturated heterocycles. The molecular formula is C27H25F3N4O2. The van der Waals surface area contributed by atoms with Gasteiger partial charge in [0.05, 0.1) is 5.56 Å². The van der Waals surface area contributed by atoms with Crippen LogP contribution in [0.15, 0.2) is 79.0 Å². The zero-order valence-corrected chi connectivity index (χ0v) is 19.4. The molecule has 2 aromatic carbocycles. The summed E-state index contributed by atoms with van der Waals surface area (Å²) < 4.78 is 47.2. The van der Waals surface area contributed by atoms with E-state index in [9.17, 15) is 18.0 Å². The third kappa shape index (κ3) is 5.11. The zero-order valence-electron chi connectivity index (χ0n) is 19.4. The maximum absolute atomic E-state index is 13.2. The average molecular weight is 495 g/mol. The Hall–Kier alpha value is -3.72. The highest BCUT2D eigenvalue weighted by Gasteiger charge is 2.33. The molecule has 1 amide bonds. The van der Waals surface area contributed by atoms with Gasteiger partial charge in [0, 0.05) is 25.2 Å². The molecule has 0 saturated carbocycles. The van der Waals surface area contributed by atoms with Crippen LogP contribution in [0.5, 0.6) is 0 Å². The van der Waals surface area contributed by atoms with Gasteiger partial charge in [-0.1, -0.05) is 60.7 Å². The van der Waals surface area contributed by atoms with Crippen molar-refractivity contribution in [3.63, 3.8) is 0 Å². The Morgan fingerprint density at radius 1 is 0.972 bits per heavy atom. The van der Waals surface area contributed by atoms with Gasteiger partial charge in [0.15, 0.2) is 5.65 Å². The number of hydrogen-bond donors (Lipinski definition) is 0. The first-order valence-corrected chi connectivity index (χ1v) is 11.8. The molecule has 0 radical (unpaired) electrons. The second-order valence-electron chi connectivity index (χ2n) is 8.89. The monoisotopic (exact) mass is 494 g/mol. The second-order valence-corrected chi connectivity index (χ2v) is 8.89. The Labute approximate surface area is 206 Å². The number of halogens is 3. The van der Waals surface area contributed by atoms with Crippen LogP contribution < -0.4 is 0 Å². The standard InChI is InChI=1S/C27H25F3N4O2/c28-27(29,30)22-13-14-23-31-32-26(34(23)17-22)21-12-7-15-33(16-21)24(35)18-36-25(19-8-3-1-4-9-19)20-10-5-2-6-11-20/h1-6,8-11,13-14,17,21,25H,7,12,15-16,18H2. The summed E-state index contributed by atoms with van der Waals surface area (Å²) in [7, 11) is 0. The van der Waals surface area contributed by atoms with E-state index < -0.39 is 17.8 Å².